The molecule has 0 radical (unpaired) electrons. The lowest BCUT2D eigenvalue weighted by atomic mass is 10.2. The smallest absolute Gasteiger partial charge is 0.271 e. The van der Waals surface area contributed by atoms with E-state index in [1.165, 1.54) is 6.07 Å². The van der Waals surface area contributed by atoms with Gasteiger partial charge in [0, 0.05) is 18.8 Å². The van der Waals surface area contributed by atoms with E-state index < -0.39 is 10.0 Å². The van der Waals surface area contributed by atoms with Gasteiger partial charge in [0.2, 0.25) is 0 Å². The van der Waals surface area contributed by atoms with E-state index in [0.717, 1.165) is 30.1 Å². The number of ether oxygens (including phenoxy) is 1. The summed E-state index contributed by atoms with van der Waals surface area (Å²) in [6.07, 6.45) is 0. The molecule has 1 aliphatic rings. The molecule has 0 aliphatic carbocycles. The largest absolute Gasteiger partial charge is 0.378 e. The lowest BCUT2D eigenvalue weighted by Crippen LogP contribution is -2.36. The Bertz CT molecular complexity index is 755. The Hall–Kier alpha value is -1.28. The van der Waals surface area contributed by atoms with Crippen molar-refractivity contribution in [2.24, 2.45) is 0 Å². The van der Waals surface area contributed by atoms with E-state index in [4.69, 9.17) is 16.3 Å². The van der Waals surface area contributed by atoms with Gasteiger partial charge in [-0.25, -0.2) is 8.42 Å². The van der Waals surface area contributed by atoms with Crippen LogP contribution in [0.15, 0.2) is 40.6 Å². The SMILES string of the molecule is O=S(=O)(Nc1cccc(N2CCOCC2)c1)c1ccc(Cl)s1. The van der Waals surface area contributed by atoms with E-state index in [9.17, 15) is 8.42 Å². The van der Waals surface area contributed by atoms with Crippen molar-refractivity contribution < 1.29 is 13.2 Å². The number of thiophene rings is 1. The van der Waals surface area contributed by atoms with Crippen LogP contribution in [0.2, 0.25) is 4.34 Å². The maximum absolute atomic E-state index is 12.3. The Kier molecular flexibility index (Phi) is 4.58. The van der Waals surface area contributed by atoms with Crippen LogP contribution in [0, 0.1) is 0 Å². The Morgan fingerprint density at radius 2 is 1.95 bits per heavy atom. The average molecular weight is 359 g/mol. The number of nitrogens with one attached hydrogen (secondary N) is 1. The van der Waals surface area contributed by atoms with Gasteiger partial charge in [-0.15, -0.1) is 11.3 Å². The van der Waals surface area contributed by atoms with E-state index >= 15 is 0 Å². The van der Waals surface area contributed by atoms with Crippen LogP contribution in [0.1, 0.15) is 0 Å². The second-order valence-electron chi connectivity index (χ2n) is 4.81. The van der Waals surface area contributed by atoms with Crippen molar-refractivity contribution in [3.8, 4) is 0 Å². The highest BCUT2D eigenvalue weighted by Crippen LogP contribution is 2.28. The molecule has 1 saturated heterocycles. The molecule has 1 N–H and O–H groups in total. The quantitative estimate of drug-likeness (QED) is 0.912. The van der Waals surface area contributed by atoms with E-state index in [2.05, 4.69) is 9.62 Å². The standard InChI is InChI=1S/C14H15ClN2O3S2/c15-13-4-5-14(21-13)22(18,19)16-11-2-1-3-12(10-11)17-6-8-20-9-7-17/h1-5,10,16H,6-9H2. The fourth-order valence-corrected chi connectivity index (χ4v) is 4.77. The highest BCUT2D eigenvalue weighted by atomic mass is 35.5. The number of anilines is 2. The molecular weight excluding hydrogens is 344 g/mol. The molecule has 1 aromatic heterocycles. The number of sulfonamides is 1. The zero-order chi connectivity index (χ0) is 15.6. The van der Waals surface area contributed by atoms with Crippen molar-refractivity contribution in [1.82, 2.24) is 0 Å². The molecule has 2 heterocycles. The molecule has 8 heteroatoms. The number of halogens is 1. The van der Waals surface area contributed by atoms with Crippen LogP contribution < -0.4 is 9.62 Å². The first kappa shape index (κ1) is 15.6. The topological polar surface area (TPSA) is 58.6 Å². The second-order valence-corrected chi connectivity index (χ2v) is 8.44. The van der Waals surface area contributed by atoms with E-state index in [1.54, 1.807) is 12.1 Å². The fourth-order valence-electron chi connectivity index (χ4n) is 2.24. The third kappa shape index (κ3) is 3.55. The van der Waals surface area contributed by atoms with Gasteiger partial charge in [-0.05, 0) is 30.3 Å². The first-order valence-corrected chi connectivity index (χ1v) is 9.43. The van der Waals surface area contributed by atoms with Crippen LogP contribution >= 0.6 is 22.9 Å². The van der Waals surface area contributed by atoms with Gasteiger partial charge in [0.25, 0.3) is 10.0 Å². The normalized spacial score (nSPS) is 15.8. The number of morpholine rings is 1. The Labute approximate surface area is 138 Å². The number of nitrogens with zero attached hydrogens (tertiary/aromatic N) is 1. The number of rotatable bonds is 4. The predicted octanol–water partition coefficient (Wildman–Crippen LogP) is 3.04. The van der Waals surface area contributed by atoms with Crippen molar-refractivity contribution in [2.45, 2.75) is 4.21 Å². The molecule has 22 heavy (non-hydrogen) atoms. The van der Waals surface area contributed by atoms with Gasteiger partial charge in [0.1, 0.15) is 4.21 Å². The second kappa shape index (κ2) is 6.45. The minimum atomic E-state index is -3.60. The molecule has 0 saturated carbocycles. The molecule has 2 aromatic rings. The highest BCUT2D eigenvalue weighted by Gasteiger charge is 2.18. The molecule has 3 rings (SSSR count). The lowest BCUT2D eigenvalue weighted by Gasteiger charge is -2.29. The minimum absolute atomic E-state index is 0.203. The molecule has 1 aliphatic heterocycles. The van der Waals surface area contributed by atoms with E-state index in [-0.39, 0.29) is 4.21 Å². The first-order chi connectivity index (χ1) is 10.5. The van der Waals surface area contributed by atoms with Crippen molar-refractivity contribution >= 4 is 44.3 Å². The summed E-state index contributed by atoms with van der Waals surface area (Å²) in [5.41, 5.74) is 1.52. The molecule has 1 fully saturated rings. The number of hydrogen-bond donors (Lipinski definition) is 1. The zero-order valence-corrected chi connectivity index (χ0v) is 14.0. The highest BCUT2D eigenvalue weighted by molar-refractivity contribution is 7.94. The summed E-state index contributed by atoms with van der Waals surface area (Å²) in [4.78, 5) is 2.17. The van der Waals surface area contributed by atoms with Crippen LogP contribution in [-0.4, -0.2) is 34.7 Å². The molecule has 0 amide bonds. The first-order valence-electron chi connectivity index (χ1n) is 6.75. The molecular formula is C14H15ClN2O3S2. The van der Waals surface area contributed by atoms with Gasteiger partial charge in [-0.1, -0.05) is 17.7 Å². The Morgan fingerprint density at radius 1 is 1.18 bits per heavy atom. The fraction of sp³-hybridized carbons (Fsp3) is 0.286. The van der Waals surface area contributed by atoms with Crippen molar-refractivity contribution in [3.63, 3.8) is 0 Å². The summed E-state index contributed by atoms with van der Waals surface area (Å²) in [7, 11) is -3.60. The summed E-state index contributed by atoms with van der Waals surface area (Å²) in [5.74, 6) is 0. The third-order valence-corrected chi connectivity index (χ3v) is 6.39. The van der Waals surface area contributed by atoms with Crippen molar-refractivity contribution in [1.29, 1.82) is 0 Å². The van der Waals surface area contributed by atoms with Gasteiger partial charge >= 0.3 is 0 Å². The van der Waals surface area contributed by atoms with Crippen molar-refractivity contribution in [2.75, 3.05) is 35.9 Å². The van der Waals surface area contributed by atoms with Gasteiger partial charge in [0.05, 0.1) is 23.2 Å². The minimum Gasteiger partial charge on any atom is -0.378 e. The van der Waals surface area contributed by atoms with E-state index in [1.807, 2.05) is 18.2 Å². The summed E-state index contributed by atoms with van der Waals surface area (Å²) < 4.78 is 33.2. The van der Waals surface area contributed by atoms with Crippen LogP contribution in [0.3, 0.4) is 0 Å². The molecule has 1 aromatic carbocycles. The maximum atomic E-state index is 12.3. The molecule has 0 unspecified atom stereocenters. The van der Waals surface area contributed by atoms with Gasteiger partial charge in [0.15, 0.2) is 0 Å². The molecule has 0 atom stereocenters. The molecule has 0 bridgehead atoms. The number of benzene rings is 1. The van der Waals surface area contributed by atoms with E-state index in [0.29, 0.717) is 23.2 Å². The summed E-state index contributed by atoms with van der Waals surface area (Å²) in [6, 6.07) is 10.4. The monoisotopic (exact) mass is 358 g/mol. The number of hydrogen-bond acceptors (Lipinski definition) is 5. The van der Waals surface area contributed by atoms with Gasteiger partial charge in [-0.2, -0.15) is 0 Å². The molecule has 0 spiro atoms. The van der Waals surface area contributed by atoms with Gasteiger partial charge in [-0.3, -0.25) is 4.72 Å². The van der Waals surface area contributed by atoms with Gasteiger partial charge < -0.3 is 9.64 Å². The average Bonchev–Trinajstić information content (AvgIpc) is 2.96. The molecule has 5 nitrogen and oxygen atoms in total. The third-order valence-electron chi connectivity index (χ3n) is 3.29. The summed E-state index contributed by atoms with van der Waals surface area (Å²) in [5, 5.41) is 0. The van der Waals surface area contributed by atoms with Crippen molar-refractivity contribution in [3.05, 3.63) is 40.7 Å². The predicted molar refractivity (Wildman–Crippen MR) is 89.6 cm³/mol. The van der Waals surface area contributed by atoms with Crippen LogP contribution in [0.5, 0.6) is 0 Å². The summed E-state index contributed by atoms with van der Waals surface area (Å²) >= 11 is 6.84. The Balaban J connectivity index is 1.80. The molecule has 118 valence electrons. The van der Waals surface area contributed by atoms with Crippen LogP contribution in [0.25, 0.3) is 0 Å². The Morgan fingerprint density at radius 3 is 2.64 bits per heavy atom. The summed E-state index contributed by atoms with van der Waals surface area (Å²) in [6.45, 7) is 2.97. The zero-order valence-electron chi connectivity index (χ0n) is 11.7. The lowest BCUT2D eigenvalue weighted by molar-refractivity contribution is 0.122. The maximum Gasteiger partial charge on any atom is 0.271 e. The van der Waals surface area contributed by atoms with Crippen LogP contribution in [0.4, 0.5) is 11.4 Å². The van der Waals surface area contributed by atoms with Crippen LogP contribution in [-0.2, 0) is 14.8 Å².